The summed E-state index contributed by atoms with van der Waals surface area (Å²) in [7, 11) is -3.45. The third-order valence-corrected chi connectivity index (χ3v) is 5.72. The third-order valence-electron chi connectivity index (χ3n) is 4.24. The first kappa shape index (κ1) is 20.5. The summed E-state index contributed by atoms with van der Waals surface area (Å²) in [5.41, 5.74) is 1.76. The number of sulfonamides is 1. The van der Waals surface area contributed by atoms with Gasteiger partial charge in [-0.25, -0.2) is 17.5 Å². The summed E-state index contributed by atoms with van der Waals surface area (Å²) in [6.07, 6.45) is 1.99. The Morgan fingerprint density at radius 2 is 1.83 bits per heavy atom. The zero-order valence-corrected chi connectivity index (χ0v) is 16.8. The molecular weight excluding hydrogens is 395 g/mol. The number of carbonyl (C=O) groups excluding carboxylic acids is 1. The van der Waals surface area contributed by atoms with Gasteiger partial charge in [0.2, 0.25) is 10.0 Å². The number of benzene rings is 2. The molecule has 1 aromatic heterocycles. The minimum atomic E-state index is -3.45. The van der Waals surface area contributed by atoms with E-state index in [4.69, 9.17) is 0 Å². The van der Waals surface area contributed by atoms with Gasteiger partial charge in [-0.2, -0.15) is 5.10 Å². The van der Waals surface area contributed by atoms with Crippen LogP contribution in [-0.4, -0.2) is 29.9 Å². The molecular formula is C20H21FN4O3S. The molecule has 152 valence electrons. The van der Waals surface area contributed by atoms with Gasteiger partial charge >= 0.3 is 0 Å². The van der Waals surface area contributed by atoms with Crippen molar-refractivity contribution < 1.29 is 17.6 Å². The zero-order valence-electron chi connectivity index (χ0n) is 16.0. The molecule has 0 fully saturated rings. The van der Waals surface area contributed by atoms with E-state index in [0.29, 0.717) is 23.4 Å². The maximum atomic E-state index is 13.9. The molecule has 0 spiro atoms. The molecule has 1 amide bonds. The molecule has 3 aromatic rings. The standard InChI is InChI=1S/C20H21FN4O3S/c1-3-13-29(27,28)24-17-9-6-8-16(14(17)2)22-20(26)18-11-12-25(23-18)19-10-5-4-7-15(19)21/h4-12,24H,3,13H2,1-2H3,(H,22,26). The quantitative estimate of drug-likeness (QED) is 0.614. The van der Waals surface area contributed by atoms with Gasteiger partial charge in [0.1, 0.15) is 11.5 Å². The lowest BCUT2D eigenvalue weighted by Gasteiger charge is -2.14. The monoisotopic (exact) mass is 416 g/mol. The van der Waals surface area contributed by atoms with Crippen LogP contribution in [0.3, 0.4) is 0 Å². The number of carbonyl (C=O) groups is 1. The Kier molecular flexibility index (Phi) is 5.97. The summed E-state index contributed by atoms with van der Waals surface area (Å²) < 4.78 is 41.8. The Morgan fingerprint density at radius 3 is 2.55 bits per heavy atom. The summed E-state index contributed by atoms with van der Waals surface area (Å²) in [5.74, 6) is -0.932. The van der Waals surface area contributed by atoms with E-state index in [9.17, 15) is 17.6 Å². The van der Waals surface area contributed by atoms with E-state index < -0.39 is 21.7 Å². The van der Waals surface area contributed by atoms with Crippen LogP contribution in [0, 0.1) is 12.7 Å². The highest BCUT2D eigenvalue weighted by Crippen LogP contribution is 2.25. The van der Waals surface area contributed by atoms with Crippen LogP contribution in [0.15, 0.2) is 54.7 Å². The maximum Gasteiger partial charge on any atom is 0.276 e. The fourth-order valence-corrected chi connectivity index (χ4v) is 3.97. The number of hydrogen-bond acceptors (Lipinski definition) is 4. The van der Waals surface area contributed by atoms with Crippen LogP contribution in [0.4, 0.5) is 15.8 Å². The topological polar surface area (TPSA) is 93.1 Å². The Balaban J connectivity index is 1.80. The molecule has 0 aliphatic rings. The largest absolute Gasteiger partial charge is 0.320 e. The van der Waals surface area contributed by atoms with Crippen LogP contribution >= 0.6 is 0 Å². The van der Waals surface area contributed by atoms with Gasteiger partial charge in [0, 0.05) is 11.9 Å². The molecule has 2 N–H and O–H groups in total. The van der Waals surface area contributed by atoms with E-state index in [1.54, 1.807) is 50.2 Å². The number of nitrogens with zero attached hydrogens (tertiary/aromatic N) is 2. The van der Waals surface area contributed by atoms with Gasteiger partial charge in [0.25, 0.3) is 5.91 Å². The maximum absolute atomic E-state index is 13.9. The predicted molar refractivity (Wildman–Crippen MR) is 110 cm³/mol. The summed E-state index contributed by atoms with van der Waals surface area (Å²) in [5, 5.41) is 6.85. The van der Waals surface area contributed by atoms with Crippen LogP contribution in [0.5, 0.6) is 0 Å². The smallest absolute Gasteiger partial charge is 0.276 e. The summed E-state index contributed by atoms with van der Waals surface area (Å²) in [6, 6.07) is 12.5. The molecule has 0 aliphatic carbocycles. The number of hydrogen-bond donors (Lipinski definition) is 2. The molecule has 29 heavy (non-hydrogen) atoms. The van der Waals surface area contributed by atoms with Gasteiger partial charge in [-0.1, -0.05) is 25.1 Å². The van der Waals surface area contributed by atoms with E-state index in [0.717, 1.165) is 0 Å². The summed E-state index contributed by atoms with van der Waals surface area (Å²) in [6.45, 7) is 3.49. The van der Waals surface area contributed by atoms with E-state index in [1.165, 1.54) is 23.0 Å². The number of para-hydroxylation sites is 1. The minimum Gasteiger partial charge on any atom is -0.320 e. The molecule has 9 heteroatoms. The number of halogens is 1. The molecule has 1 heterocycles. The van der Waals surface area contributed by atoms with Crippen LogP contribution in [0.25, 0.3) is 5.69 Å². The van der Waals surface area contributed by atoms with Crippen molar-refractivity contribution in [3.05, 3.63) is 71.8 Å². The average molecular weight is 416 g/mol. The van der Waals surface area contributed by atoms with Crippen LogP contribution < -0.4 is 10.0 Å². The Labute approximate surface area is 168 Å². The molecule has 0 bridgehead atoms. The van der Waals surface area contributed by atoms with Gasteiger partial charge in [-0.15, -0.1) is 0 Å². The summed E-state index contributed by atoms with van der Waals surface area (Å²) >= 11 is 0. The van der Waals surface area contributed by atoms with E-state index in [1.807, 2.05) is 0 Å². The number of aromatic nitrogens is 2. The minimum absolute atomic E-state index is 0.0104. The van der Waals surface area contributed by atoms with Crippen molar-refractivity contribution in [2.45, 2.75) is 20.3 Å². The number of anilines is 2. The lowest BCUT2D eigenvalue weighted by molar-refractivity contribution is 0.102. The molecule has 0 saturated heterocycles. The van der Waals surface area contributed by atoms with Crippen LogP contribution in [0.1, 0.15) is 29.4 Å². The SMILES string of the molecule is CCCS(=O)(=O)Nc1cccc(NC(=O)c2ccn(-c3ccccc3F)n2)c1C. The van der Waals surface area contributed by atoms with Crippen molar-refractivity contribution >= 4 is 27.3 Å². The van der Waals surface area contributed by atoms with Crippen molar-refractivity contribution in [2.24, 2.45) is 0 Å². The number of nitrogens with one attached hydrogen (secondary N) is 2. The van der Waals surface area contributed by atoms with Crippen LogP contribution in [-0.2, 0) is 10.0 Å². The van der Waals surface area contributed by atoms with E-state index in [-0.39, 0.29) is 17.1 Å². The fourth-order valence-electron chi connectivity index (χ4n) is 2.77. The molecule has 2 aromatic carbocycles. The van der Waals surface area contributed by atoms with Crippen molar-refractivity contribution in [3.8, 4) is 5.69 Å². The molecule has 0 atom stereocenters. The average Bonchev–Trinajstić information content (AvgIpc) is 3.15. The Bertz CT molecular complexity index is 1140. The zero-order chi connectivity index (χ0) is 21.0. The van der Waals surface area contributed by atoms with Crippen LogP contribution in [0.2, 0.25) is 0 Å². The highest BCUT2D eigenvalue weighted by molar-refractivity contribution is 7.92. The summed E-state index contributed by atoms with van der Waals surface area (Å²) in [4.78, 5) is 12.6. The molecule has 0 aliphatic heterocycles. The molecule has 0 unspecified atom stereocenters. The number of amides is 1. The highest BCUT2D eigenvalue weighted by Gasteiger charge is 2.16. The van der Waals surface area contributed by atoms with Crippen molar-refractivity contribution in [3.63, 3.8) is 0 Å². The Hall–Kier alpha value is -3.20. The first-order valence-corrected chi connectivity index (χ1v) is 10.7. The molecule has 0 radical (unpaired) electrons. The predicted octanol–water partition coefficient (Wildman–Crippen LogP) is 3.72. The lowest BCUT2D eigenvalue weighted by atomic mass is 10.1. The molecule has 3 rings (SSSR count). The van der Waals surface area contributed by atoms with Crippen molar-refractivity contribution in [1.82, 2.24) is 9.78 Å². The second-order valence-corrected chi connectivity index (χ2v) is 8.29. The highest BCUT2D eigenvalue weighted by atomic mass is 32.2. The third kappa shape index (κ3) is 4.80. The second-order valence-electron chi connectivity index (χ2n) is 6.45. The van der Waals surface area contributed by atoms with Gasteiger partial charge in [0.15, 0.2) is 5.69 Å². The molecule has 0 saturated carbocycles. The van der Waals surface area contributed by atoms with E-state index in [2.05, 4.69) is 15.1 Å². The first-order chi connectivity index (χ1) is 13.8. The first-order valence-electron chi connectivity index (χ1n) is 9.03. The lowest BCUT2D eigenvalue weighted by Crippen LogP contribution is -2.18. The normalized spacial score (nSPS) is 11.3. The van der Waals surface area contributed by atoms with E-state index >= 15 is 0 Å². The number of rotatable bonds is 7. The Morgan fingerprint density at radius 1 is 1.10 bits per heavy atom. The second kappa shape index (κ2) is 8.44. The van der Waals surface area contributed by atoms with Gasteiger partial charge in [-0.05, 0) is 49.2 Å². The molecule has 7 nitrogen and oxygen atoms in total. The fraction of sp³-hybridized carbons (Fsp3) is 0.200. The van der Waals surface area contributed by atoms with Crippen molar-refractivity contribution in [2.75, 3.05) is 15.8 Å². The van der Waals surface area contributed by atoms with Gasteiger partial charge < -0.3 is 5.32 Å². The van der Waals surface area contributed by atoms with Gasteiger partial charge in [-0.3, -0.25) is 9.52 Å². The van der Waals surface area contributed by atoms with Gasteiger partial charge in [0.05, 0.1) is 11.4 Å². The van der Waals surface area contributed by atoms with Crippen molar-refractivity contribution in [1.29, 1.82) is 0 Å².